The van der Waals surface area contributed by atoms with Gasteiger partial charge in [-0.3, -0.25) is 0 Å². The molecule has 7 nitrogen and oxygen atoms in total. The average Bonchev–Trinajstić information content (AvgIpc) is 2.31. The van der Waals surface area contributed by atoms with Crippen LogP contribution in [-0.4, -0.2) is 72.6 Å². The van der Waals surface area contributed by atoms with Gasteiger partial charge in [0.25, 0.3) is 0 Å². The van der Waals surface area contributed by atoms with E-state index in [0.717, 1.165) is 0 Å². The van der Waals surface area contributed by atoms with Crippen LogP contribution >= 0.6 is 0 Å². The van der Waals surface area contributed by atoms with E-state index < -0.39 is 30.5 Å². The lowest BCUT2D eigenvalue weighted by Gasteiger charge is -2.40. The third kappa shape index (κ3) is 2.35. The standard InChI is InChI=1S/C9H16O7/c10-1-6-7(12)9(16-4-14-6)8-5(11)2-13-3-15-8/h5-12H,1-4H2. The van der Waals surface area contributed by atoms with E-state index in [1.807, 2.05) is 0 Å². The highest BCUT2D eigenvalue weighted by molar-refractivity contribution is 4.90. The Hall–Kier alpha value is -0.280. The maximum absolute atomic E-state index is 9.86. The van der Waals surface area contributed by atoms with Crippen molar-refractivity contribution in [2.45, 2.75) is 30.5 Å². The van der Waals surface area contributed by atoms with Crippen molar-refractivity contribution < 1.29 is 34.3 Å². The summed E-state index contributed by atoms with van der Waals surface area (Å²) < 4.78 is 20.3. The molecular formula is C9H16O7. The van der Waals surface area contributed by atoms with Gasteiger partial charge in [-0.15, -0.1) is 0 Å². The summed E-state index contributed by atoms with van der Waals surface area (Å²) in [6, 6.07) is 0. The molecule has 94 valence electrons. The molecule has 0 radical (unpaired) electrons. The highest BCUT2D eigenvalue weighted by atomic mass is 16.7. The first-order chi connectivity index (χ1) is 7.74. The molecule has 2 aliphatic rings. The predicted octanol–water partition coefficient (Wildman–Crippen LogP) is -2.19. The first-order valence-electron chi connectivity index (χ1n) is 5.13. The van der Waals surface area contributed by atoms with E-state index in [1.165, 1.54) is 0 Å². The van der Waals surface area contributed by atoms with E-state index >= 15 is 0 Å². The van der Waals surface area contributed by atoms with Gasteiger partial charge >= 0.3 is 0 Å². The van der Waals surface area contributed by atoms with Crippen LogP contribution in [0.5, 0.6) is 0 Å². The minimum atomic E-state index is -1.03. The molecule has 0 aromatic carbocycles. The molecule has 2 rings (SSSR count). The third-order valence-corrected chi connectivity index (χ3v) is 2.78. The fourth-order valence-corrected chi connectivity index (χ4v) is 1.88. The molecule has 0 saturated carbocycles. The quantitative estimate of drug-likeness (QED) is 0.501. The Morgan fingerprint density at radius 3 is 2.44 bits per heavy atom. The monoisotopic (exact) mass is 236 g/mol. The van der Waals surface area contributed by atoms with Crippen LogP contribution in [0.25, 0.3) is 0 Å². The Morgan fingerprint density at radius 1 is 1.00 bits per heavy atom. The summed E-state index contributed by atoms with van der Waals surface area (Å²) in [5.74, 6) is 0. The van der Waals surface area contributed by atoms with Crippen LogP contribution < -0.4 is 0 Å². The largest absolute Gasteiger partial charge is 0.394 e. The number of ether oxygens (including phenoxy) is 4. The summed E-state index contributed by atoms with van der Waals surface area (Å²) in [7, 11) is 0. The summed E-state index contributed by atoms with van der Waals surface area (Å²) >= 11 is 0. The van der Waals surface area contributed by atoms with Gasteiger partial charge in [-0.05, 0) is 0 Å². The molecule has 3 N–H and O–H groups in total. The molecule has 0 bridgehead atoms. The summed E-state index contributed by atoms with van der Waals surface area (Å²) in [6.07, 6.45) is -3.98. The molecule has 16 heavy (non-hydrogen) atoms. The van der Waals surface area contributed by atoms with Gasteiger partial charge in [0.2, 0.25) is 0 Å². The minimum Gasteiger partial charge on any atom is -0.394 e. The molecule has 2 aliphatic heterocycles. The Morgan fingerprint density at radius 2 is 1.75 bits per heavy atom. The lowest BCUT2D eigenvalue weighted by atomic mass is 9.98. The average molecular weight is 236 g/mol. The molecule has 0 spiro atoms. The van der Waals surface area contributed by atoms with Gasteiger partial charge in [0.1, 0.15) is 44.1 Å². The molecule has 0 aliphatic carbocycles. The van der Waals surface area contributed by atoms with Crippen LogP contribution in [0, 0.1) is 0 Å². The zero-order valence-electron chi connectivity index (χ0n) is 8.69. The van der Waals surface area contributed by atoms with Crippen LogP contribution in [-0.2, 0) is 18.9 Å². The Bertz CT molecular complexity index is 224. The van der Waals surface area contributed by atoms with Crippen LogP contribution in [0.2, 0.25) is 0 Å². The smallest absolute Gasteiger partial charge is 0.147 e. The molecule has 2 fully saturated rings. The third-order valence-electron chi connectivity index (χ3n) is 2.78. The van der Waals surface area contributed by atoms with Crippen LogP contribution in [0.15, 0.2) is 0 Å². The van der Waals surface area contributed by atoms with Gasteiger partial charge in [-0.1, -0.05) is 0 Å². The van der Waals surface area contributed by atoms with E-state index in [4.69, 9.17) is 24.1 Å². The molecule has 0 aromatic rings. The van der Waals surface area contributed by atoms with Gasteiger partial charge in [0.05, 0.1) is 13.2 Å². The number of rotatable bonds is 2. The van der Waals surface area contributed by atoms with E-state index in [0.29, 0.717) is 0 Å². The van der Waals surface area contributed by atoms with Gasteiger partial charge < -0.3 is 34.3 Å². The highest BCUT2D eigenvalue weighted by Crippen LogP contribution is 2.23. The summed E-state index contributed by atoms with van der Waals surface area (Å²) in [4.78, 5) is 0. The van der Waals surface area contributed by atoms with Crippen molar-refractivity contribution in [3.63, 3.8) is 0 Å². The Balaban J connectivity index is 2.01. The maximum atomic E-state index is 9.86. The number of hydrogen-bond donors (Lipinski definition) is 3. The lowest BCUT2D eigenvalue weighted by Crippen LogP contribution is -2.58. The molecule has 0 amide bonds. The highest BCUT2D eigenvalue weighted by Gasteiger charge is 2.43. The zero-order chi connectivity index (χ0) is 11.5. The summed E-state index contributed by atoms with van der Waals surface area (Å²) in [5.41, 5.74) is 0. The number of aliphatic hydroxyl groups excluding tert-OH is 3. The first kappa shape index (κ1) is 12.2. The van der Waals surface area contributed by atoms with E-state index in [2.05, 4.69) is 0 Å². The molecule has 5 atom stereocenters. The first-order valence-corrected chi connectivity index (χ1v) is 5.13. The van der Waals surface area contributed by atoms with Crippen LogP contribution in [0.4, 0.5) is 0 Å². The second kappa shape index (κ2) is 5.37. The van der Waals surface area contributed by atoms with E-state index in [1.54, 1.807) is 0 Å². The van der Waals surface area contributed by atoms with Crippen molar-refractivity contribution in [3.05, 3.63) is 0 Å². The van der Waals surface area contributed by atoms with Gasteiger partial charge in [-0.25, -0.2) is 0 Å². The van der Waals surface area contributed by atoms with Crippen molar-refractivity contribution in [2.24, 2.45) is 0 Å². The van der Waals surface area contributed by atoms with Crippen molar-refractivity contribution >= 4 is 0 Å². The van der Waals surface area contributed by atoms with Crippen LogP contribution in [0.3, 0.4) is 0 Å². The zero-order valence-corrected chi connectivity index (χ0v) is 8.69. The van der Waals surface area contributed by atoms with Gasteiger partial charge in [0.15, 0.2) is 0 Å². The summed E-state index contributed by atoms with van der Waals surface area (Å²) in [5, 5.41) is 28.5. The minimum absolute atomic E-state index is 0.0413. The topological polar surface area (TPSA) is 97.6 Å². The molecule has 0 aromatic heterocycles. The Labute approximate surface area is 92.5 Å². The number of aliphatic hydroxyl groups is 3. The van der Waals surface area contributed by atoms with Crippen molar-refractivity contribution in [2.75, 3.05) is 26.8 Å². The van der Waals surface area contributed by atoms with Gasteiger partial charge in [0, 0.05) is 0 Å². The van der Waals surface area contributed by atoms with Gasteiger partial charge in [-0.2, -0.15) is 0 Å². The van der Waals surface area contributed by atoms with E-state index in [-0.39, 0.29) is 26.8 Å². The fraction of sp³-hybridized carbons (Fsp3) is 1.00. The number of hydrogen-bond acceptors (Lipinski definition) is 7. The predicted molar refractivity (Wildman–Crippen MR) is 49.4 cm³/mol. The SMILES string of the molecule is OCC1OCOC(C2OCOCC2O)C1O. The van der Waals surface area contributed by atoms with Crippen molar-refractivity contribution in [1.82, 2.24) is 0 Å². The fourth-order valence-electron chi connectivity index (χ4n) is 1.88. The molecular weight excluding hydrogens is 220 g/mol. The second-order valence-electron chi connectivity index (χ2n) is 3.81. The lowest BCUT2D eigenvalue weighted by molar-refractivity contribution is -0.296. The second-order valence-corrected chi connectivity index (χ2v) is 3.81. The van der Waals surface area contributed by atoms with Crippen molar-refractivity contribution in [1.29, 1.82) is 0 Å². The summed E-state index contributed by atoms with van der Waals surface area (Å²) in [6.45, 7) is -0.151. The molecule has 2 heterocycles. The Kier molecular flexibility index (Phi) is 4.09. The van der Waals surface area contributed by atoms with Crippen LogP contribution in [0.1, 0.15) is 0 Å². The molecule has 2 saturated heterocycles. The molecule has 5 unspecified atom stereocenters. The van der Waals surface area contributed by atoms with E-state index in [9.17, 15) is 10.2 Å². The molecule has 7 heteroatoms. The normalized spacial score (nSPS) is 45.6. The maximum Gasteiger partial charge on any atom is 0.147 e. The van der Waals surface area contributed by atoms with Crippen molar-refractivity contribution in [3.8, 4) is 0 Å².